The van der Waals surface area contributed by atoms with E-state index in [1.165, 1.54) is 6.42 Å². The van der Waals surface area contributed by atoms with Crippen LogP contribution in [0, 0.1) is 11.8 Å². The van der Waals surface area contributed by atoms with Crippen LogP contribution >= 0.6 is 0 Å². The lowest BCUT2D eigenvalue weighted by atomic mass is 9.94. The molecule has 2 atom stereocenters. The fraction of sp³-hybridized carbons (Fsp3) is 0.667. The maximum absolute atomic E-state index is 11.3. The number of carbonyl (C=O) groups excluding carboxylic acids is 1. The summed E-state index contributed by atoms with van der Waals surface area (Å²) in [5.74, 6) is 1.50. The van der Waals surface area contributed by atoms with Crippen molar-refractivity contribution >= 4 is 5.78 Å². The first-order valence-electron chi connectivity index (χ1n) is 4.03. The maximum Gasteiger partial charge on any atom is 0.161 e. The zero-order chi connectivity index (χ0) is 7.14. The summed E-state index contributed by atoms with van der Waals surface area (Å²) in [7, 11) is 0. The molecule has 0 spiro atoms. The van der Waals surface area contributed by atoms with Gasteiger partial charge in [-0.2, -0.15) is 0 Å². The molecule has 54 valence electrons. The molecule has 10 heavy (non-hydrogen) atoms. The largest absolute Gasteiger partial charge is 0.294 e. The Kier molecular flexibility index (Phi) is 1.19. The molecular weight excluding hydrogens is 124 g/mol. The van der Waals surface area contributed by atoms with Gasteiger partial charge in [-0.05, 0) is 37.7 Å². The summed E-state index contributed by atoms with van der Waals surface area (Å²) in [4.78, 5) is 11.3. The summed E-state index contributed by atoms with van der Waals surface area (Å²) in [6.45, 7) is 1.98. The molecule has 0 radical (unpaired) electrons. The van der Waals surface area contributed by atoms with E-state index in [0.29, 0.717) is 17.6 Å². The Labute approximate surface area is 61.1 Å². The molecule has 0 aliphatic heterocycles. The molecule has 0 amide bonds. The van der Waals surface area contributed by atoms with Gasteiger partial charge in [0, 0.05) is 5.92 Å². The van der Waals surface area contributed by atoms with Crippen molar-refractivity contribution in [3.63, 3.8) is 0 Å². The van der Waals surface area contributed by atoms with Crippen LogP contribution in [0.1, 0.15) is 26.2 Å². The number of ketones is 1. The average molecular weight is 136 g/mol. The lowest BCUT2D eigenvalue weighted by Gasteiger charge is -2.10. The fourth-order valence-corrected chi connectivity index (χ4v) is 2.32. The van der Waals surface area contributed by atoms with Gasteiger partial charge >= 0.3 is 0 Å². The van der Waals surface area contributed by atoms with Crippen molar-refractivity contribution in [2.24, 2.45) is 11.8 Å². The second-order valence-corrected chi connectivity index (χ2v) is 3.32. The molecule has 2 saturated carbocycles. The summed E-state index contributed by atoms with van der Waals surface area (Å²) in [5, 5.41) is 0. The highest BCUT2D eigenvalue weighted by molar-refractivity contribution is 6.00. The minimum atomic E-state index is 0.413. The first-order valence-corrected chi connectivity index (χ1v) is 4.03. The molecule has 1 nitrogen and oxygen atoms in total. The van der Waals surface area contributed by atoms with Crippen molar-refractivity contribution in [2.45, 2.75) is 26.2 Å². The predicted octanol–water partition coefficient (Wildman–Crippen LogP) is 1.93. The maximum atomic E-state index is 11.3. The molecule has 1 heteroatoms. The van der Waals surface area contributed by atoms with Gasteiger partial charge in [0.15, 0.2) is 5.78 Å². The highest BCUT2D eigenvalue weighted by atomic mass is 16.1. The summed E-state index contributed by atoms with van der Waals surface area (Å²) in [5.41, 5.74) is 1.12. The quantitative estimate of drug-likeness (QED) is 0.465. The van der Waals surface area contributed by atoms with Gasteiger partial charge in [0.05, 0.1) is 0 Å². The Balaban J connectivity index is 2.33. The van der Waals surface area contributed by atoms with Crippen molar-refractivity contribution in [1.82, 2.24) is 0 Å². The Hall–Kier alpha value is -0.590. The normalized spacial score (nSPS) is 41.7. The first kappa shape index (κ1) is 6.14. The molecule has 0 aromatic carbocycles. The molecule has 0 heterocycles. The smallest absolute Gasteiger partial charge is 0.161 e. The minimum absolute atomic E-state index is 0.413. The molecule has 0 aromatic rings. The first-order chi connectivity index (χ1) is 4.83. The van der Waals surface area contributed by atoms with Crippen molar-refractivity contribution in [2.75, 3.05) is 0 Å². The topological polar surface area (TPSA) is 17.1 Å². The van der Waals surface area contributed by atoms with E-state index in [-0.39, 0.29) is 0 Å². The minimum Gasteiger partial charge on any atom is -0.294 e. The Morgan fingerprint density at radius 2 is 2.10 bits per heavy atom. The Morgan fingerprint density at radius 3 is 2.50 bits per heavy atom. The molecule has 2 fully saturated rings. The molecule has 2 aliphatic carbocycles. The molecule has 2 bridgehead atoms. The molecule has 0 aromatic heterocycles. The molecule has 2 rings (SSSR count). The third-order valence-corrected chi connectivity index (χ3v) is 2.84. The Bertz CT molecular complexity index is 203. The van der Waals surface area contributed by atoms with Crippen molar-refractivity contribution in [3.8, 4) is 0 Å². The van der Waals surface area contributed by atoms with Crippen molar-refractivity contribution in [3.05, 3.63) is 11.6 Å². The van der Waals surface area contributed by atoms with E-state index >= 15 is 0 Å². The van der Waals surface area contributed by atoms with Gasteiger partial charge < -0.3 is 0 Å². The van der Waals surface area contributed by atoms with Crippen LogP contribution in [0.15, 0.2) is 11.6 Å². The molecule has 0 saturated heterocycles. The van der Waals surface area contributed by atoms with Crippen LogP contribution < -0.4 is 0 Å². The predicted molar refractivity (Wildman–Crippen MR) is 39.6 cm³/mol. The monoisotopic (exact) mass is 136 g/mol. The van der Waals surface area contributed by atoms with Crippen LogP contribution in [-0.2, 0) is 4.79 Å². The van der Waals surface area contributed by atoms with Gasteiger partial charge in [0.1, 0.15) is 0 Å². The highest BCUT2D eigenvalue weighted by Crippen LogP contribution is 2.45. The SMILES string of the molecule is C/C=C1/C(=O)[C@H]2CC[C@@H]1C2. The van der Waals surface area contributed by atoms with Gasteiger partial charge in [0.25, 0.3) is 0 Å². The standard InChI is InChI=1S/C9H12O/c1-2-8-6-3-4-7(5-6)9(8)10/h2,6-7H,3-5H2,1H3/b8-2+/t6-,7+/m1/s1. The number of carbonyl (C=O) groups is 1. The third kappa shape index (κ3) is 0.606. The highest BCUT2D eigenvalue weighted by Gasteiger charge is 2.41. The van der Waals surface area contributed by atoms with Crippen LogP contribution in [0.2, 0.25) is 0 Å². The zero-order valence-electron chi connectivity index (χ0n) is 6.26. The summed E-state index contributed by atoms with van der Waals surface area (Å²) < 4.78 is 0. The second-order valence-electron chi connectivity index (χ2n) is 3.32. The number of fused-ring (bicyclic) bond motifs is 2. The number of Topliss-reactive ketones (excluding diaryl/α,β-unsaturated/α-hetero) is 1. The number of allylic oxidation sites excluding steroid dienone is 2. The van der Waals surface area contributed by atoms with E-state index in [0.717, 1.165) is 18.4 Å². The Morgan fingerprint density at radius 1 is 1.40 bits per heavy atom. The summed E-state index contributed by atoms with van der Waals surface area (Å²) >= 11 is 0. The molecule has 0 N–H and O–H groups in total. The van der Waals surface area contributed by atoms with E-state index in [2.05, 4.69) is 0 Å². The van der Waals surface area contributed by atoms with Gasteiger partial charge in [0.2, 0.25) is 0 Å². The van der Waals surface area contributed by atoms with Gasteiger partial charge in [-0.3, -0.25) is 4.79 Å². The van der Waals surface area contributed by atoms with Crippen LogP contribution in [0.4, 0.5) is 0 Å². The van der Waals surface area contributed by atoms with Crippen LogP contribution in [0.25, 0.3) is 0 Å². The fourth-order valence-electron chi connectivity index (χ4n) is 2.32. The summed E-state index contributed by atoms with van der Waals surface area (Å²) in [6, 6.07) is 0. The van der Waals surface area contributed by atoms with Crippen molar-refractivity contribution < 1.29 is 4.79 Å². The van der Waals surface area contributed by atoms with E-state index in [9.17, 15) is 4.79 Å². The van der Waals surface area contributed by atoms with E-state index in [1.807, 2.05) is 13.0 Å². The summed E-state index contributed by atoms with van der Waals surface area (Å²) in [6.07, 6.45) is 5.57. The van der Waals surface area contributed by atoms with Crippen molar-refractivity contribution in [1.29, 1.82) is 0 Å². The number of hydrogen-bond acceptors (Lipinski definition) is 1. The van der Waals surface area contributed by atoms with Gasteiger partial charge in [-0.15, -0.1) is 0 Å². The van der Waals surface area contributed by atoms with Crippen LogP contribution in [0.3, 0.4) is 0 Å². The zero-order valence-corrected chi connectivity index (χ0v) is 6.26. The lowest BCUT2D eigenvalue weighted by Crippen LogP contribution is -2.11. The van der Waals surface area contributed by atoms with E-state index < -0.39 is 0 Å². The molecular formula is C9H12O. The average Bonchev–Trinajstić information content (AvgIpc) is 2.46. The third-order valence-electron chi connectivity index (χ3n) is 2.84. The second kappa shape index (κ2) is 1.94. The van der Waals surface area contributed by atoms with E-state index in [1.54, 1.807) is 0 Å². The molecule has 0 unspecified atom stereocenters. The van der Waals surface area contributed by atoms with Crippen LogP contribution in [0.5, 0.6) is 0 Å². The van der Waals surface area contributed by atoms with Crippen LogP contribution in [-0.4, -0.2) is 5.78 Å². The van der Waals surface area contributed by atoms with E-state index in [4.69, 9.17) is 0 Å². The van der Waals surface area contributed by atoms with Gasteiger partial charge in [-0.1, -0.05) is 6.08 Å². The lowest BCUT2D eigenvalue weighted by molar-refractivity contribution is -0.118. The number of rotatable bonds is 0. The van der Waals surface area contributed by atoms with Gasteiger partial charge in [-0.25, -0.2) is 0 Å². The number of hydrogen-bond donors (Lipinski definition) is 0. The molecule has 2 aliphatic rings.